The maximum atomic E-state index is 12.5. The number of nitrogens with zero attached hydrogens (tertiary/aromatic N) is 1. The van der Waals surface area contributed by atoms with Crippen molar-refractivity contribution >= 4 is 41.0 Å². The predicted octanol–water partition coefficient (Wildman–Crippen LogP) is 4.57. The van der Waals surface area contributed by atoms with Crippen LogP contribution in [0.2, 0.25) is 10.0 Å². The molecule has 0 spiro atoms. The molecular formula is C18H11Cl2NO3. The number of hydrogen-bond donors (Lipinski definition) is 0. The van der Waals surface area contributed by atoms with Crippen molar-refractivity contribution in [2.45, 2.75) is 0 Å². The Morgan fingerprint density at radius 2 is 1.67 bits per heavy atom. The van der Waals surface area contributed by atoms with Gasteiger partial charge < -0.3 is 4.74 Å². The van der Waals surface area contributed by atoms with Crippen LogP contribution in [-0.2, 0) is 4.74 Å². The average Bonchev–Trinajstić information content (AvgIpc) is 2.59. The molecule has 2 rings (SSSR count). The first-order valence-electron chi connectivity index (χ1n) is 6.76. The number of nitriles is 1. The second kappa shape index (κ2) is 7.78. The standard InChI is InChI=1S/C18H11Cl2NO3/c1-24-18(23)12-7-5-11(6-8-12)9-13(10-21)17(22)16-14(19)3-2-4-15(16)20/h2-9H,1H3. The zero-order chi connectivity index (χ0) is 17.7. The number of hydrogen-bond acceptors (Lipinski definition) is 4. The van der Waals surface area contributed by atoms with Crippen LogP contribution in [-0.4, -0.2) is 18.9 Å². The SMILES string of the molecule is COC(=O)c1ccc(C=C(C#N)C(=O)c2c(Cl)cccc2Cl)cc1. The summed E-state index contributed by atoms with van der Waals surface area (Å²) in [6, 6.07) is 12.8. The molecule has 0 aromatic heterocycles. The Morgan fingerprint density at radius 1 is 1.08 bits per heavy atom. The Bertz CT molecular complexity index is 845. The lowest BCUT2D eigenvalue weighted by Crippen LogP contribution is -2.04. The highest BCUT2D eigenvalue weighted by atomic mass is 35.5. The molecule has 0 atom stereocenters. The lowest BCUT2D eigenvalue weighted by atomic mass is 10.0. The first-order chi connectivity index (χ1) is 11.5. The fourth-order valence-corrected chi connectivity index (χ4v) is 2.57. The molecule has 0 N–H and O–H groups in total. The topological polar surface area (TPSA) is 67.2 Å². The largest absolute Gasteiger partial charge is 0.465 e. The Labute approximate surface area is 148 Å². The lowest BCUT2D eigenvalue weighted by Gasteiger charge is -2.05. The first kappa shape index (κ1) is 17.7. The second-order valence-corrected chi connectivity index (χ2v) is 5.52. The number of benzene rings is 2. The molecule has 0 radical (unpaired) electrons. The van der Waals surface area contributed by atoms with E-state index in [0.29, 0.717) is 11.1 Å². The fourth-order valence-electron chi connectivity index (χ4n) is 2.00. The molecule has 2 aromatic rings. The fraction of sp³-hybridized carbons (Fsp3) is 0.0556. The summed E-state index contributed by atoms with van der Waals surface area (Å²) in [5.41, 5.74) is 0.917. The zero-order valence-corrected chi connectivity index (χ0v) is 14.1. The number of carbonyl (C=O) groups is 2. The van der Waals surface area contributed by atoms with Gasteiger partial charge in [-0.3, -0.25) is 4.79 Å². The van der Waals surface area contributed by atoms with Crippen LogP contribution in [0, 0.1) is 11.3 Å². The summed E-state index contributed by atoms with van der Waals surface area (Å²) in [5.74, 6) is -1.03. The van der Waals surface area contributed by atoms with Crippen molar-refractivity contribution in [3.05, 3.63) is 74.8 Å². The quantitative estimate of drug-likeness (QED) is 0.347. The van der Waals surface area contributed by atoms with Crippen molar-refractivity contribution in [3.8, 4) is 6.07 Å². The molecule has 0 aliphatic heterocycles. The van der Waals surface area contributed by atoms with Gasteiger partial charge in [-0.15, -0.1) is 0 Å². The van der Waals surface area contributed by atoms with Gasteiger partial charge in [0, 0.05) is 0 Å². The smallest absolute Gasteiger partial charge is 0.337 e. The number of Topliss-reactive ketones (excluding diaryl/α,β-unsaturated/α-hetero) is 1. The van der Waals surface area contributed by atoms with Crippen molar-refractivity contribution in [3.63, 3.8) is 0 Å². The molecule has 4 nitrogen and oxygen atoms in total. The summed E-state index contributed by atoms with van der Waals surface area (Å²) in [4.78, 5) is 23.9. The minimum atomic E-state index is -0.565. The van der Waals surface area contributed by atoms with E-state index in [0.717, 1.165) is 0 Å². The Hall–Kier alpha value is -2.61. The maximum Gasteiger partial charge on any atom is 0.337 e. The van der Waals surface area contributed by atoms with Crippen LogP contribution in [0.4, 0.5) is 0 Å². The first-order valence-corrected chi connectivity index (χ1v) is 7.52. The Morgan fingerprint density at radius 3 is 2.17 bits per heavy atom. The molecule has 120 valence electrons. The normalized spacial score (nSPS) is 10.8. The van der Waals surface area contributed by atoms with E-state index in [1.54, 1.807) is 30.3 Å². The molecule has 0 aliphatic carbocycles. The van der Waals surface area contributed by atoms with E-state index >= 15 is 0 Å². The van der Waals surface area contributed by atoms with Crippen LogP contribution in [0.25, 0.3) is 6.08 Å². The maximum absolute atomic E-state index is 12.5. The number of methoxy groups -OCH3 is 1. The molecule has 2 aromatic carbocycles. The van der Waals surface area contributed by atoms with Gasteiger partial charge in [-0.1, -0.05) is 41.4 Å². The summed E-state index contributed by atoms with van der Waals surface area (Å²) in [7, 11) is 1.29. The highest BCUT2D eigenvalue weighted by Crippen LogP contribution is 2.27. The summed E-state index contributed by atoms with van der Waals surface area (Å²) in [6.07, 6.45) is 1.41. The third kappa shape index (κ3) is 3.83. The van der Waals surface area contributed by atoms with E-state index in [1.807, 2.05) is 6.07 Å². The molecule has 0 amide bonds. The van der Waals surface area contributed by atoms with Crippen molar-refractivity contribution in [2.75, 3.05) is 7.11 Å². The molecule has 24 heavy (non-hydrogen) atoms. The van der Waals surface area contributed by atoms with Gasteiger partial charge in [-0.05, 0) is 35.9 Å². The van der Waals surface area contributed by atoms with Crippen molar-refractivity contribution in [2.24, 2.45) is 0 Å². The van der Waals surface area contributed by atoms with Crippen molar-refractivity contribution in [1.29, 1.82) is 5.26 Å². The Balaban J connectivity index is 2.38. The summed E-state index contributed by atoms with van der Waals surface area (Å²) in [6.45, 7) is 0. The number of ketones is 1. The highest BCUT2D eigenvalue weighted by Gasteiger charge is 2.18. The number of carbonyl (C=O) groups excluding carboxylic acids is 2. The van der Waals surface area contributed by atoms with Crippen LogP contribution in [0.5, 0.6) is 0 Å². The van der Waals surface area contributed by atoms with Crippen LogP contribution < -0.4 is 0 Å². The molecule has 0 heterocycles. The molecule has 6 heteroatoms. The Kier molecular flexibility index (Phi) is 5.75. The van der Waals surface area contributed by atoms with E-state index in [9.17, 15) is 14.9 Å². The third-order valence-corrected chi connectivity index (χ3v) is 3.83. The molecule has 0 fully saturated rings. The van der Waals surface area contributed by atoms with Gasteiger partial charge in [0.2, 0.25) is 5.78 Å². The molecule has 0 unspecified atom stereocenters. The van der Waals surface area contributed by atoms with Crippen molar-refractivity contribution in [1.82, 2.24) is 0 Å². The second-order valence-electron chi connectivity index (χ2n) is 4.71. The van der Waals surface area contributed by atoms with Crippen LogP contribution in [0.3, 0.4) is 0 Å². The molecule has 0 saturated heterocycles. The average molecular weight is 360 g/mol. The number of halogens is 2. The van der Waals surface area contributed by atoms with Gasteiger partial charge in [-0.2, -0.15) is 5.26 Å². The van der Waals surface area contributed by atoms with Gasteiger partial charge in [0.1, 0.15) is 11.6 Å². The minimum absolute atomic E-state index is 0.0832. The number of rotatable bonds is 4. The highest BCUT2D eigenvalue weighted by molar-refractivity contribution is 6.41. The van der Waals surface area contributed by atoms with Gasteiger partial charge >= 0.3 is 5.97 Å². The minimum Gasteiger partial charge on any atom is -0.465 e. The van der Waals surface area contributed by atoms with E-state index in [2.05, 4.69) is 4.74 Å². The lowest BCUT2D eigenvalue weighted by molar-refractivity contribution is 0.0600. The summed E-state index contributed by atoms with van der Waals surface area (Å²) >= 11 is 12.0. The summed E-state index contributed by atoms with van der Waals surface area (Å²) in [5, 5.41) is 9.63. The molecular weight excluding hydrogens is 349 g/mol. The van der Waals surface area contributed by atoms with Gasteiger partial charge in [-0.25, -0.2) is 4.79 Å². The van der Waals surface area contributed by atoms with E-state index < -0.39 is 11.8 Å². The van der Waals surface area contributed by atoms with Gasteiger partial charge in [0.25, 0.3) is 0 Å². The number of esters is 1. The van der Waals surface area contributed by atoms with E-state index in [1.165, 1.54) is 25.3 Å². The van der Waals surface area contributed by atoms with E-state index in [-0.39, 0.29) is 21.2 Å². The van der Waals surface area contributed by atoms with Gasteiger partial charge in [0.05, 0.1) is 28.3 Å². The third-order valence-electron chi connectivity index (χ3n) is 3.20. The van der Waals surface area contributed by atoms with Crippen LogP contribution in [0.1, 0.15) is 26.3 Å². The number of allylic oxidation sites excluding steroid dienone is 1. The molecule has 0 saturated carbocycles. The number of ether oxygens (including phenoxy) is 1. The van der Waals surface area contributed by atoms with Gasteiger partial charge in [0.15, 0.2) is 0 Å². The summed E-state index contributed by atoms with van der Waals surface area (Å²) < 4.78 is 4.61. The van der Waals surface area contributed by atoms with Crippen LogP contribution in [0.15, 0.2) is 48.0 Å². The van der Waals surface area contributed by atoms with Crippen molar-refractivity contribution < 1.29 is 14.3 Å². The molecule has 0 aliphatic rings. The zero-order valence-electron chi connectivity index (χ0n) is 12.5. The molecule has 0 bridgehead atoms. The van der Waals surface area contributed by atoms with E-state index in [4.69, 9.17) is 23.2 Å². The van der Waals surface area contributed by atoms with Crippen LogP contribution >= 0.6 is 23.2 Å². The predicted molar refractivity (Wildman–Crippen MR) is 92.2 cm³/mol. The monoisotopic (exact) mass is 359 g/mol.